The molecule has 5 nitrogen and oxygen atoms in total. The van der Waals surface area contributed by atoms with Crippen LogP contribution in [-0.2, 0) is 9.53 Å². The molecule has 0 aliphatic rings. The summed E-state index contributed by atoms with van der Waals surface area (Å²) < 4.78 is 5.13. The number of aromatic nitrogens is 1. The molecule has 116 valence electrons. The Morgan fingerprint density at radius 2 is 1.83 bits per heavy atom. The van der Waals surface area contributed by atoms with E-state index in [1.807, 2.05) is 42.5 Å². The fourth-order valence-electron chi connectivity index (χ4n) is 2.25. The maximum Gasteiger partial charge on any atom is 0.355 e. The van der Waals surface area contributed by atoms with Crippen LogP contribution >= 0.6 is 0 Å². The molecular formula is C18H16N2O3. The summed E-state index contributed by atoms with van der Waals surface area (Å²) in [5.74, 6) is -0.934. The molecule has 0 bridgehead atoms. The number of carbonyl (C=O) groups is 2. The smallest absolute Gasteiger partial charge is 0.355 e. The van der Waals surface area contributed by atoms with Crippen molar-refractivity contribution in [2.75, 3.05) is 5.32 Å². The molecule has 0 spiro atoms. The zero-order chi connectivity index (χ0) is 16.2. The lowest BCUT2D eigenvalue weighted by Crippen LogP contribution is -2.30. The van der Waals surface area contributed by atoms with Gasteiger partial charge in [-0.05, 0) is 42.0 Å². The topological polar surface area (TPSA) is 71.2 Å². The van der Waals surface area contributed by atoms with Crippen molar-refractivity contribution in [3.05, 3.63) is 66.5 Å². The molecule has 3 aromatic rings. The average Bonchev–Trinajstić information content (AvgIpc) is 3.09. The Hall–Kier alpha value is -3.08. The Bertz CT molecular complexity index is 840. The lowest BCUT2D eigenvalue weighted by molar-refractivity contribution is -0.123. The molecule has 0 fully saturated rings. The predicted octanol–water partition coefficient (Wildman–Crippen LogP) is 3.35. The van der Waals surface area contributed by atoms with Crippen LogP contribution in [0.1, 0.15) is 17.4 Å². The number of H-pyrrole nitrogens is 1. The van der Waals surface area contributed by atoms with E-state index in [-0.39, 0.29) is 5.91 Å². The number of amides is 1. The number of hydrogen-bond acceptors (Lipinski definition) is 3. The highest BCUT2D eigenvalue weighted by Crippen LogP contribution is 2.19. The molecule has 1 aromatic heterocycles. The number of ether oxygens (including phenoxy) is 1. The Morgan fingerprint density at radius 1 is 1.04 bits per heavy atom. The third-order valence-corrected chi connectivity index (χ3v) is 3.49. The highest BCUT2D eigenvalue weighted by molar-refractivity contribution is 5.98. The van der Waals surface area contributed by atoms with Crippen LogP contribution < -0.4 is 5.32 Å². The average molecular weight is 308 g/mol. The molecule has 1 amide bonds. The Labute approximate surface area is 133 Å². The number of nitrogens with one attached hydrogen (secondary N) is 2. The molecule has 23 heavy (non-hydrogen) atoms. The van der Waals surface area contributed by atoms with Gasteiger partial charge in [-0.15, -0.1) is 0 Å². The standard InChI is InChI=1S/C18H16N2O3/c1-12(23-18(22)16-7-4-10-19-16)17(21)20-15-9-8-13-5-2-3-6-14(13)11-15/h2-12,19H,1H3,(H,20,21)/t12-/m1/s1. The largest absolute Gasteiger partial charge is 0.448 e. The van der Waals surface area contributed by atoms with E-state index >= 15 is 0 Å². The number of fused-ring (bicyclic) bond motifs is 1. The minimum Gasteiger partial charge on any atom is -0.448 e. The zero-order valence-corrected chi connectivity index (χ0v) is 12.6. The van der Waals surface area contributed by atoms with E-state index in [0.717, 1.165) is 10.8 Å². The fraction of sp³-hybridized carbons (Fsp3) is 0.111. The summed E-state index contributed by atoms with van der Waals surface area (Å²) in [6.45, 7) is 1.54. The minimum absolute atomic E-state index is 0.315. The van der Waals surface area contributed by atoms with Crippen molar-refractivity contribution in [3.63, 3.8) is 0 Å². The first-order valence-corrected chi connectivity index (χ1v) is 7.27. The highest BCUT2D eigenvalue weighted by atomic mass is 16.5. The summed E-state index contributed by atoms with van der Waals surface area (Å²) in [5.41, 5.74) is 0.979. The summed E-state index contributed by atoms with van der Waals surface area (Å²) in [5, 5.41) is 4.88. The van der Waals surface area contributed by atoms with Crippen LogP contribution in [0.15, 0.2) is 60.8 Å². The molecule has 0 saturated carbocycles. The van der Waals surface area contributed by atoms with Crippen molar-refractivity contribution in [3.8, 4) is 0 Å². The molecular weight excluding hydrogens is 292 g/mol. The van der Waals surface area contributed by atoms with E-state index in [2.05, 4.69) is 10.3 Å². The lowest BCUT2D eigenvalue weighted by atomic mass is 10.1. The molecule has 3 rings (SSSR count). The highest BCUT2D eigenvalue weighted by Gasteiger charge is 2.19. The lowest BCUT2D eigenvalue weighted by Gasteiger charge is -2.13. The number of esters is 1. The van der Waals surface area contributed by atoms with Crippen molar-refractivity contribution in [1.29, 1.82) is 0 Å². The van der Waals surface area contributed by atoms with E-state index in [1.54, 1.807) is 18.3 Å². The first-order valence-electron chi connectivity index (χ1n) is 7.27. The van der Waals surface area contributed by atoms with Gasteiger partial charge in [-0.25, -0.2) is 4.79 Å². The van der Waals surface area contributed by atoms with Gasteiger partial charge in [-0.3, -0.25) is 4.79 Å². The van der Waals surface area contributed by atoms with Gasteiger partial charge in [0.2, 0.25) is 0 Å². The van der Waals surface area contributed by atoms with Crippen molar-refractivity contribution in [2.45, 2.75) is 13.0 Å². The van der Waals surface area contributed by atoms with E-state index < -0.39 is 12.1 Å². The van der Waals surface area contributed by atoms with Crippen molar-refractivity contribution in [2.24, 2.45) is 0 Å². The van der Waals surface area contributed by atoms with E-state index in [9.17, 15) is 9.59 Å². The predicted molar refractivity (Wildman–Crippen MR) is 88.2 cm³/mol. The summed E-state index contributed by atoms with van der Waals surface area (Å²) in [6, 6.07) is 16.8. The summed E-state index contributed by atoms with van der Waals surface area (Å²) in [7, 11) is 0. The van der Waals surface area contributed by atoms with Crippen LogP contribution in [-0.4, -0.2) is 23.0 Å². The number of aromatic amines is 1. The van der Waals surface area contributed by atoms with Gasteiger partial charge in [0.15, 0.2) is 6.10 Å². The maximum absolute atomic E-state index is 12.2. The second kappa shape index (κ2) is 6.36. The molecule has 2 N–H and O–H groups in total. The first kappa shape index (κ1) is 14.8. The van der Waals surface area contributed by atoms with Gasteiger partial charge in [0.05, 0.1) is 0 Å². The van der Waals surface area contributed by atoms with Crippen molar-refractivity contribution in [1.82, 2.24) is 4.98 Å². The Kier molecular flexibility index (Phi) is 4.10. The van der Waals surface area contributed by atoms with Crippen LogP contribution in [0.5, 0.6) is 0 Å². The molecule has 1 heterocycles. The number of carbonyl (C=O) groups excluding carboxylic acids is 2. The quantitative estimate of drug-likeness (QED) is 0.726. The van der Waals surface area contributed by atoms with Gasteiger partial charge in [0.1, 0.15) is 5.69 Å². The van der Waals surface area contributed by atoms with Gasteiger partial charge in [-0.2, -0.15) is 0 Å². The summed E-state index contributed by atoms with van der Waals surface area (Å²) in [6.07, 6.45) is 0.730. The maximum atomic E-state index is 12.2. The number of hydrogen-bond donors (Lipinski definition) is 2. The van der Waals surface area contributed by atoms with Gasteiger partial charge in [0, 0.05) is 11.9 Å². The van der Waals surface area contributed by atoms with E-state index in [1.165, 1.54) is 6.92 Å². The Morgan fingerprint density at radius 3 is 2.57 bits per heavy atom. The number of anilines is 1. The molecule has 2 aromatic carbocycles. The number of rotatable bonds is 4. The molecule has 0 aliphatic heterocycles. The zero-order valence-electron chi connectivity index (χ0n) is 12.6. The van der Waals surface area contributed by atoms with Crippen LogP contribution in [0.2, 0.25) is 0 Å². The fourth-order valence-corrected chi connectivity index (χ4v) is 2.25. The SMILES string of the molecule is C[C@@H](OC(=O)c1ccc[nH]1)C(=O)Nc1ccc2ccccc2c1. The molecule has 0 radical (unpaired) electrons. The van der Waals surface area contributed by atoms with Gasteiger partial charge >= 0.3 is 5.97 Å². The van der Waals surface area contributed by atoms with Gasteiger partial charge in [-0.1, -0.05) is 30.3 Å². The van der Waals surface area contributed by atoms with Crippen LogP contribution in [0.25, 0.3) is 10.8 Å². The monoisotopic (exact) mass is 308 g/mol. The van der Waals surface area contributed by atoms with E-state index in [0.29, 0.717) is 11.4 Å². The second-order valence-electron chi connectivity index (χ2n) is 5.18. The third kappa shape index (κ3) is 3.40. The van der Waals surface area contributed by atoms with Crippen LogP contribution in [0.3, 0.4) is 0 Å². The van der Waals surface area contributed by atoms with Crippen molar-refractivity contribution >= 4 is 28.3 Å². The molecule has 5 heteroatoms. The van der Waals surface area contributed by atoms with Crippen LogP contribution in [0, 0.1) is 0 Å². The molecule has 0 saturated heterocycles. The second-order valence-corrected chi connectivity index (χ2v) is 5.18. The first-order chi connectivity index (χ1) is 11.1. The molecule has 0 unspecified atom stereocenters. The van der Waals surface area contributed by atoms with Crippen molar-refractivity contribution < 1.29 is 14.3 Å². The van der Waals surface area contributed by atoms with E-state index in [4.69, 9.17) is 4.74 Å². The normalized spacial score (nSPS) is 11.9. The summed E-state index contributed by atoms with van der Waals surface area (Å²) >= 11 is 0. The van der Waals surface area contributed by atoms with Gasteiger partial charge in [0.25, 0.3) is 5.91 Å². The van der Waals surface area contributed by atoms with Crippen LogP contribution in [0.4, 0.5) is 5.69 Å². The van der Waals surface area contributed by atoms with Gasteiger partial charge < -0.3 is 15.0 Å². The molecule has 0 aliphatic carbocycles. The number of benzene rings is 2. The Balaban J connectivity index is 1.66. The molecule has 1 atom stereocenters. The summed E-state index contributed by atoms with van der Waals surface area (Å²) in [4.78, 5) is 26.7. The third-order valence-electron chi connectivity index (χ3n) is 3.49. The minimum atomic E-state index is -0.891.